The van der Waals surface area contributed by atoms with Crippen molar-refractivity contribution in [3.8, 4) is 17.2 Å². The van der Waals surface area contributed by atoms with Gasteiger partial charge in [-0.1, -0.05) is 6.07 Å². The number of nitrogens with zero attached hydrogens (tertiary/aromatic N) is 2. The topological polar surface area (TPSA) is 60.5 Å². The van der Waals surface area contributed by atoms with Gasteiger partial charge >= 0.3 is 6.09 Å². The number of ether oxygens (including phenoxy) is 4. The van der Waals surface area contributed by atoms with Crippen LogP contribution in [-0.2, 0) is 4.74 Å². The average molecular weight is 427 g/mol. The predicted octanol–water partition coefficient (Wildman–Crippen LogP) is 3.96. The second kappa shape index (κ2) is 9.92. The molecule has 0 saturated carbocycles. The van der Waals surface area contributed by atoms with Crippen LogP contribution in [0.3, 0.4) is 0 Å². The summed E-state index contributed by atoms with van der Waals surface area (Å²) >= 11 is 0. The van der Waals surface area contributed by atoms with Crippen molar-refractivity contribution in [2.75, 3.05) is 45.3 Å². The number of methoxy groups -OCH3 is 2. The van der Waals surface area contributed by atoms with Crippen molar-refractivity contribution >= 4 is 11.8 Å². The highest BCUT2D eigenvalue weighted by Crippen LogP contribution is 2.26. The Morgan fingerprint density at radius 1 is 0.968 bits per heavy atom. The number of cyclic esters (lactones) is 1. The molecule has 0 aliphatic carbocycles. The van der Waals surface area contributed by atoms with Gasteiger partial charge in [0.05, 0.1) is 20.8 Å². The van der Waals surface area contributed by atoms with E-state index in [1.54, 1.807) is 19.1 Å². The van der Waals surface area contributed by atoms with E-state index in [0.29, 0.717) is 6.54 Å². The number of piperidine rings is 1. The van der Waals surface area contributed by atoms with E-state index >= 15 is 0 Å². The lowest BCUT2D eigenvalue weighted by Crippen LogP contribution is -2.39. The number of rotatable bonds is 8. The predicted molar refractivity (Wildman–Crippen MR) is 118 cm³/mol. The second-order valence-corrected chi connectivity index (χ2v) is 7.94. The molecule has 166 valence electrons. The molecule has 7 nitrogen and oxygen atoms in total. The first-order valence-electron chi connectivity index (χ1n) is 10.8. The minimum atomic E-state index is -0.277. The summed E-state index contributed by atoms with van der Waals surface area (Å²) in [5, 5.41) is 0. The van der Waals surface area contributed by atoms with Crippen molar-refractivity contribution in [3.63, 3.8) is 0 Å². The molecule has 7 heteroatoms. The van der Waals surface area contributed by atoms with E-state index in [4.69, 9.17) is 18.9 Å². The van der Waals surface area contributed by atoms with Crippen molar-refractivity contribution in [1.29, 1.82) is 0 Å². The highest BCUT2D eigenvalue weighted by molar-refractivity contribution is 5.89. The van der Waals surface area contributed by atoms with Crippen LogP contribution >= 0.6 is 0 Å². The van der Waals surface area contributed by atoms with Gasteiger partial charge in [-0.2, -0.15) is 0 Å². The van der Waals surface area contributed by atoms with Gasteiger partial charge < -0.3 is 23.8 Å². The third-order valence-corrected chi connectivity index (χ3v) is 5.90. The first-order valence-corrected chi connectivity index (χ1v) is 10.8. The fraction of sp³-hybridized carbons (Fsp3) is 0.458. The van der Waals surface area contributed by atoms with Gasteiger partial charge in [-0.25, -0.2) is 4.79 Å². The molecule has 2 aliphatic rings. The molecule has 1 unspecified atom stereocenters. The zero-order valence-electron chi connectivity index (χ0n) is 18.2. The van der Waals surface area contributed by atoms with E-state index in [-0.39, 0.29) is 18.3 Å². The molecular formula is C24H30N2O5. The van der Waals surface area contributed by atoms with Crippen LogP contribution in [0.25, 0.3) is 0 Å². The van der Waals surface area contributed by atoms with Gasteiger partial charge in [-0.3, -0.25) is 4.90 Å². The van der Waals surface area contributed by atoms with E-state index in [1.165, 1.54) is 0 Å². The van der Waals surface area contributed by atoms with Gasteiger partial charge in [0, 0.05) is 31.4 Å². The van der Waals surface area contributed by atoms with Crippen LogP contribution in [0.15, 0.2) is 48.5 Å². The maximum absolute atomic E-state index is 12.3. The zero-order valence-corrected chi connectivity index (χ0v) is 18.2. The van der Waals surface area contributed by atoms with E-state index in [2.05, 4.69) is 4.90 Å². The van der Waals surface area contributed by atoms with Crippen LogP contribution in [0.2, 0.25) is 0 Å². The number of carbonyl (C=O) groups is 1. The number of anilines is 1. The molecule has 0 aromatic heterocycles. The molecule has 0 N–H and O–H groups in total. The number of benzene rings is 2. The highest BCUT2D eigenvalue weighted by Gasteiger charge is 2.32. The maximum Gasteiger partial charge on any atom is 0.414 e. The Balaban J connectivity index is 1.20. The van der Waals surface area contributed by atoms with Crippen LogP contribution in [0.5, 0.6) is 17.2 Å². The molecule has 2 heterocycles. The number of carbonyl (C=O) groups excluding carboxylic acids is 1. The monoisotopic (exact) mass is 426 g/mol. The third kappa shape index (κ3) is 5.41. The largest absolute Gasteiger partial charge is 0.497 e. The molecule has 0 spiro atoms. The molecule has 2 saturated heterocycles. The summed E-state index contributed by atoms with van der Waals surface area (Å²) in [7, 11) is 3.29. The second-order valence-electron chi connectivity index (χ2n) is 7.94. The lowest BCUT2D eigenvalue weighted by atomic mass is 10.1. The number of hydrogen-bond donors (Lipinski definition) is 0. The van der Waals surface area contributed by atoms with Gasteiger partial charge in [0.15, 0.2) is 0 Å². The van der Waals surface area contributed by atoms with Crippen molar-refractivity contribution in [2.45, 2.75) is 31.5 Å². The SMILES string of the molecule is COc1ccc(N2CC(CCN3CCC(Oc4cccc(OC)c4)CC3)OC2=O)cc1. The first kappa shape index (κ1) is 21.3. The van der Waals surface area contributed by atoms with Crippen LogP contribution in [0.1, 0.15) is 19.3 Å². The van der Waals surface area contributed by atoms with Crippen molar-refractivity contribution in [1.82, 2.24) is 4.90 Å². The first-order chi connectivity index (χ1) is 15.1. The summed E-state index contributed by atoms with van der Waals surface area (Å²) in [5.74, 6) is 2.44. The fourth-order valence-corrected chi connectivity index (χ4v) is 4.09. The maximum atomic E-state index is 12.3. The van der Waals surface area contributed by atoms with E-state index < -0.39 is 0 Å². The third-order valence-electron chi connectivity index (χ3n) is 5.90. The number of hydrogen-bond acceptors (Lipinski definition) is 6. The standard InChI is InChI=1S/C24H30N2O5/c1-28-19-8-6-18(7-9-19)26-17-23(31-24(26)27)12-15-25-13-10-20(11-14-25)30-22-5-3-4-21(16-22)29-2/h3-9,16,20,23H,10-15,17H2,1-2H3. The number of amides is 1. The summed E-state index contributed by atoms with van der Waals surface area (Å²) in [4.78, 5) is 16.4. The summed E-state index contributed by atoms with van der Waals surface area (Å²) < 4.78 is 22.2. The molecule has 0 bridgehead atoms. The Hall–Kier alpha value is -2.93. The quantitative estimate of drug-likeness (QED) is 0.637. The molecular weight excluding hydrogens is 396 g/mol. The summed E-state index contributed by atoms with van der Waals surface area (Å²) in [6.07, 6.45) is 2.66. The fourth-order valence-electron chi connectivity index (χ4n) is 4.09. The van der Waals surface area contributed by atoms with Gasteiger partial charge in [-0.05, 0) is 55.7 Å². The van der Waals surface area contributed by atoms with Gasteiger partial charge in [0.1, 0.15) is 29.5 Å². The highest BCUT2D eigenvalue weighted by atomic mass is 16.6. The van der Waals surface area contributed by atoms with E-state index in [0.717, 1.165) is 61.8 Å². The van der Waals surface area contributed by atoms with Crippen LogP contribution in [-0.4, -0.2) is 63.6 Å². The normalized spacial score (nSPS) is 19.9. The Labute approximate surface area is 183 Å². The molecule has 2 aromatic carbocycles. The summed E-state index contributed by atoms with van der Waals surface area (Å²) in [5.41, 5.74) is 0.837. The van der Waals surface area contributed by atoms with Gasteiger partial charge in [-0.15, -0.1) is 0 Å². The molecule has 1 atom stereocenters. The molecule has 31 heavy (non-hydrogen) atoms. The number of likely N-dealkylation sites (tertiary alicyclic amines) is 1. The molecule has 4 rings (SSSR count). The van der Waals surface area contributed by atoms with E-state index in [1.807, 2.05) is 48.5 Å². The minimum Gasteiger partial charge on any atom is -0.497 e. The van der Waals surface area contributed by atoms with Crippen LogP contribution in [0.4, 0.5) is 10.5 Å². The van der Waals surface area contributed by atoms with Crippen LogP contribution in [0, 0.1) is 0 Å². The van der Waals surface area contributed by atoms with Crippen molar-refractivity contribution in [3.05, 3.63) is 48.5 Å². The Morgan fingerprint density at radius 3 is 2.39 bits per heavy atom. The van der Waals surface area contributed by atoms with Gasteiger partial charge in [0.2, 0.25) is 0 Å². The van der Waals surface area contributed by atoms with Gasteiger partial charge in [0.25, 0.3) is 0 Å². The zero-order chi connectivity index (χ0) is 21.6. The lowest BCUT2D eigenvalue weighted by Gasteiger charge is -2.32. The van der Waals surface area contributed by atoms with Crippen molar-refractivity contribution in [2.24, 2.45) is 0 Å². The average Bonchev–Trinajstić information content (AvgIpc) is 3.19. The lowest BCUT2D eigenvalue weighted by molar-refractivity contribution is 0.0859. The Morgan fingerprint density at radius 2 is 1.68 bits per heavy atom. The molecule has 2 aromatic rings. The Kier molecular flexibility index (Phi) is 6.82. The van der Waals surface area contributed by atoms with Crippen molar-refractivity contribution < 1.29 is 23.7 Å². The van der Waals surface area contributed by atoms with E-state index in [9.17, 15) is 4.79 Å². The molecule has 2 aliphatic heterocycles. The smallest absolute Gasteiger partial charge is 0.414 e. The Bertz CT molecular complexity index is 865. The molecule has 0 radical (unpaired) electrons. The minimum absolute atomic E-state index is 0.0830. The van der Waals surface area contributed by atoms with Crippen LogP contribution < -0.4 is 19.1 Å². The summed E-state index contributed by atoms with van der Waals surface area (Å²) in [6.45, 7) is 3.47. The molecule has 1 amide bonds. The molecule has 2 fully saturated rings. The summed E-state index contributed by atoms with van der Waals surface area (Å²) in [6, 6.07) is 15.2.